The summed E-state index contributed by atoms with van der Waals surface area (Å²) in [7, 11) is 1.24. The Bertz CT molecular complexity index is 903. The smallest absolute Gasteiger partial charge is 0.328 e. The van der Waals surface area contributed by atoms with Crippen LogP contribution in [0.5, 0.6) is 5.75 Å². The van der Waals surface area contributed by atoms with Crippen LogP contribution in [-0.2, 0) is 30.3 Å². The molecule has 0 aromatic heterocycles. The molecule has 11 heteroatoms. The molecule has 0 spiro atoms. The zero-order valence-corrected chi connectivity index (χ0v) is 22.5. The molecular formula is C26H42N4O7. The van der Waals surface area contributed by atoms with Crippen molar-refractivity contribution >= 4 is 23.7 Å². The number of aliphatic hydroxyl groups excluding tert-OH is 1. The second-order valence-electron chi connectivity index (χ2n) is 9.92. The molecule has 0 saturated heterocycles. The fourth-order valence-electron chi connectivity index (χ4n) is 3.61. The SMILES string of the molecule is COC(=O)[C@@H](NC(=O)[C@@H](NC(=O)CC[C@H](O)[C@H](Cc1ccc(O)cc1)NC(=O)[C@H](C)N)C(C)C)C(C)C. The first kappa shape index (κ1) is 31.8. The molecule has 0 bridgehead atoms. The highest BCUT2D eigenvalue weighted by Crippen LogP contribution is 2.15. The van der Waals surface area contributed by atoms with Gasteiger partial charge < -0.3 is 36.6 Å². The standard InChI is InChI=1S/C26H42N4O7/c1-14(2)22(25(35)30-23(15(3)4)26(36)37-6)29-21(33)12-11-20(32)19(28-24(34)16(5)27)13-17-7-9-18(31)10-8-17/h7-10,14-16,19-20,22-23,31-32H,11-13,27H2,1-6H3,(H,28,34)(H,29,33)(H,30,35)/t16-,19-,20-,22-,23-/m0/s1. The predicted octanol–water partition coefficient (Wildman–Crippen LogP) is 0.362. The van der Waals surface area contributed by atoms with E-state index in [0.29, 0.717) is 0 Å². The molecule has 7 N–H and O–H groups in total. The van der Waals surface area contributed by atoms with Gasteiger partial charge in [-0.15, -0.1) is 0 Å². The fraction of sp³-hybridized carbons (Fsp3) is 0.615. The number of carbonyl (C=O) groups excluding carboxylic acids is 4. The zero-order chi connectivity index (χ0) is 28.3. The zero-order valence-electron chi connectivity index (χ0n) is 22.5. The van der Waals surface area contributed by atoms with Crippen molar-refractivity contribution in [3.8, 4) is 5.75 Å². The van der Waals surface area contributed by atoms with Gasteiger partial charge in [0.2, 0.25) is 17.7 Å². The summed E-state index contributed by atoms with van der Waals surface area (Å²) in [6.07, 6.45) is -0.930. The number of phenols is 1. The van der Waals surface area contributed by atoms with Crippen LogP contribution in [0.2, 0.25) is 0 Å². The molecule has 37 heavy (non-hydrogen) atoms. The number of ether oxygens (including phenoxy) is 1. The molecule has 0 aliphatic rings. The molecular weight excluding hydrogens is 480 g/mol. The number of benzene rings is 1. The Kier molecular flexibility index (Phi) is 13.0. The number of esters is 1. The monoisotopic (exact) mass is 522 g/mol. The lowest BCUT2D eigenvalue weighted by Gasteiger charge is -2.27. The van der Waals surface area contributed by atoms with Crippen LogP contribution in [0.25, 0.3) is 0 Å². The molecule has 0 saturated carbocycles. The van der Waals surface area contributed by atoms with Crippen molar-refractivity contribution < 1.29 is 34.1 Å². The van der Waals surface area contributed by atoms with E-state index in [2.05, 4.69) is 16.0 Å². The van der Waals surface area contributed by atoms with Gasteiger partial charge in [-0.2, -0.15) is 0 Å². The van der Waals surface area contributed by atoms with Gasteiger partial charge in [0.05, 0.1) is 25.3 Å². The summed E-state index contributed by atoms with van der Waals surface area (Å²) in [5.41, 5.74) is 6.42. The summed E-state index contributed by atoms with van der Waals surface area (Å²) in [5.74, 6) is -2.40. The first-order chi connectivity index (χ1) is 17.3. The highest BCUT2D eigenvalue weighted by Gasteiger charge is 2.31. The van der Waals surface area contributed by atoms with E-state index in [4.69, 9.17) is 10.5 Å². The van der Waals surface area contributed by atoms with Gasteiger partial charge in [0.1, 0.15) is 17.8 Å². The molecule has 3 amide bonds. The molecule has 0 fully saturated rings. The lowest BCUT2D eigenvalue weighted by atomic mass is 9.97. The molecule has 1 aromatic carbocycles. The van der Waals surface area contributed by atoms with E-state index in [0.717, 1.165) is 5.56 Å². The molecule has 0 heterocycles. The van der Waals surface area contributed by atoms with Crippen molar-refractivity contribution in [1.82, 2.24) is 16.0 Å². The third-order valence-corrected chi connectivity index (χ3v) is 5.95. The second kappa shape index (κ2) is 15.2. The van der Waals surface area contributed by atoms with Crippen molar-refractivity contribution in [3.05, 3.63) is 29.8 Å². The van der Waals surface area contributed by atoms with Crippen LogP contribution in [-0.4, -0.2) is 71.3 Å². The third kappa shape index (κ3) is 10.8. The van der Waals surface area contributed by atoms with Crippen LogP contribution in [0.4, 0.5) is 0 Å². The van der Waals surface area contributed by atoms with Crippen molar-refractivity contribution in [2.75, 3.05) is 7.11 Å². The number of rotatable bonds is 14. The Labute approximate surface area is 218 Å². The molecule has 5 atom stereocenters. The largest absolute Gasteiger partial charge is 0.508 e. The molecule has 0 radical (unpaired) electrons. The lowest BCUT2D eigenvalue weighted by molar-refractivity contribution is -0.146. The van der Waals surface area contributed by atoms with Crippen LogP contribution in [0.15, 0.2) is 24.3 Å². The van der Waals surface area contributed by atoms with Gasteiger partial charge in [0.15, 0.2) is 0 Å². The Hall–Kier alpha value is -3.18. The van der Waals surface area contributed by atoms with E-state index in [-0.39, 0.29) is 36.8 Å². The second-order valence-corrected chi connectivity index (χ2v) is 9.92. The number of aromatic hydroxyl groups is 1. The van der Waals surface area contributed by atoms with Gasteiger partial charge in [0.25, 0.3) is 0 Å². The van der Waals surface area contributed by atoms with Crippen molar-refractivity contribution in [2.24, 2.45) is 17.6 Å². The highest BCUT2D eigenvalue weighted by atomic mass is 16.5. The van der Waals surface area contributed by atoms with Crippen molar-refractivity contribution in [1.29, 1.82) is 0 Å². The summed E-state index contributed by atoms with van der Waals surface area (Å²) in [6.45, 7) is 8.59. The van der Waals surface area contributed by atoms with E-state index < -0.39 is 54.0 Å². The van der Waals surface area contributed by atoms with Crippen molar-refractivity contribution in [3.63, 3.8) is 0 Å². The van der Waals surface area contributed by atoms with E-state index in [1.807, 2.05) is 0 Å². The van der Waals surface area contributed by atoms with Gasteiger partial charge in [-0.25, -0.2) is 4.79 Å². The van der Waals surface area contributed by atoms with Crippen LogP contribution in [0.3, 0.4) is 0 Å². The lowest BCUT2D eigenvalue weighted by Crippen LogP contribution is -2.55. The fourth-order valence-corrected chi connectivity index (χ4v) is 3.61. The third-order valence-electron chi connectivity index (χ3n) is 5.95. The normalized spacial score (nSPS) is 15.3. The summed E-state index contributed by atoms with van der Waals surface area (Å²) in [6, 6.07) is 3.07. The summed E-state index contributed by atoms with van der Waals surface area (Å²) in [4.78, 5) is 49.8. The quantitative estimate of drug-likeness (QED) is 0.189. The molecule has 208 valence electrons. The topological polar surface area (TPSA) is 180 Å². The number of amides is 3. The molecule has 1 rings (SSSR count). The highest BCUT2D eigenvalue weighted by molar-refractivity contribution is 5.91. The maximum Gasteiger partial charge on any atom is 0.328 e. The number of aliphatic hydroxyl groups is 1. The Morgan fingerprint density at radius 2 is 1.46 bits per heavy atom. The van der Waals surface area contributed by atoms with Gasteiger partial charge in [0, 0.05) is 6.42 Å². The molecule has 0 aliphatic carbocycles. The average Bonchev–Trinajstić information content (AvgIpc) is 2.83. The van der Waals surface area contributed by atoms with Gasteiger partial charge in [-0.05, 0) is 49.3 Å². The van der Waals surface area contributed by atoms with Crippen LogP contribution in [0.1, 0.15) is 53.0 Å². The van der Waals surface area contributed by atoms with Crippen LogP contribution < -0.4 is 21.7 Å². The van der Waals surface area contributed by atoms with Crippen LogP contribution in [0, 0.1) is 11.8 Å². The maximum absolute atomic E-state index is 12.9. The minimum absolute atomic E-state index is 0.0109. The van der Waals surface area contributed by atoms with Crippen molar-refractivity contribution in [2.45, 2.75) is 84.2 Å². The number of hydrogen-bond donors (Lipinski definition) is 6. The summed E-state index contributed by atoms with van der Waals surface area (Å²) >= 11 is 0. The van der Waals surface area contributed by atoms with Crippen LogP contribution >= 0.6 is 0 Å². The van der Waals surface area contributed by atoms with Gasteiger partial charge in [-0.1, -0.05) is 39.8 Å². The number of hydrogen-bond acceptors (Lipinski definition) is 8. The Balaban J connectivity index is 2.84. The number of carbonyl (C=O) groups is 4. The molecule has 0 unspecified atom stereocenters. The average molecular weight is 523 g/mol. The van der Waals surface area contributed by atoms with E-state index in [1.54, 1.807) is 39.8 Å². The summed E-state index contributed by atoms with van der Waals surface area (Å²) < 4.78 is 4.75. The predicted molar refractivity (Wildman–Crippen MR) is 138 cm³/mol. The summed E-state index contributed by atoms with van der Waals surface area (Å²) in [5, 5.41) is 28.3. The number of nitrogens with two attached hydrogens (primary N) is 1. The first-order valence-corrected chi connectivity index (χ1v) is 12.5. The van der Waals surface area contributed by atoms with E-state index in [1.165, 1.54) is 26.2 Å². The number of phenolic OH excluding ortho intramolecular Hbond substituents is 1. The first-order valence-electron chi connectivity index (χ1n) is 12.5. The Morgan fingerprint density at radius 1 is 0.892 bits per heavy atom. The molecule has 1 aromatic rings. The maximum atomic E-state index is 12.9. The van der Waals surface area contributed by atoms with Gasteiger partial charge >= 0.3 is 5.97 Å². The minimum atomic E-state index is -1.08. The molecule has 0 aliphatic heterocycles. The van der Waals surface area contributed by atoms with E-state index >= 15 is 0 Å². The minimum Gasteiger partial charge on any atom is -0.508 e. The van der Waals surface area contributed by atoms with Gasteiger partial charge in [-0.3, -0.25) is 14.4 Å². The number of methoxy groups -OCH3 is 1. The molecule has 11 nitrogen and oxygen atoms in total. The number of nitrogens with one attached hydrogen (secondary N) is 3. The van der Waals surface area contributed by atoms with E-state index in [9.17, 15) is 29.4 Å². The Morgan fingerprint density at radius 3 is 1.95 bits per heavy atom.